The van der Waals surface area contributed by atoms with Gasteiger partial charge in [0.15, 0.2) is 0 Å². The fourth-order valence-electron chi connectivity index (χ4n) is 8.60. The van der Waals surface area contributed by atoms with Gasteiger partial charge in [-0.15, -0.1) is 0 Å². The summed E-state index contributed by atoms with van der Waals surface area (Å²) in [7, 11) is 0. The number of nitrogens with zero attached hydrogens (tertiary/aromatic N) is 1. The Morgan fingerprint density at radius 2 is 1.86 bits per heavy atom. The molecule has 3 saturated heterocycles. The van der Waals surface area contributed by atoms with Crippen LogP contribution in [0.4, 0.5) is 4.39 Å². The highest BCUT2D eigenvalue weighted by molar-refractivity contribution is 5.84. The number of amides is 1. The van der Waals surface area contributed by atoms with E-state index < -0.39 is 0 Å². The van der Waals surface area contributed by atoms with E-state index in [1.807, 2.05) is 0 Å². The van der Waals surface area contributed by atoms with Crippen LogP contribution in [0.2, 0.25) is 0 Å². The molecule has 3 aliphatic heterocycles. The number of alkyl halides is 1. The lowest BCUT2D eigenvalue weighted by atomic mass is 9.38. The molecule has 3 heterocycles. The van der Waals surface area contributed by atoms with E-state index in [4.69, 9.17) is 0 Å². The van der Waals surface area contributed by atoms with E-state index in [0.717, 1.165) is 45.1 Å². The minimum absolute atomic E-state index is 0.0147. The van der Waals surface area contributed by atoms with Gasteiger partial charge in [0.25, 0.3) is 0 Å². The van der Waals surface area contributed by atoms with Crippen LogP contribution in [0, 0.1) is 22.7 Å². The van der Waals surface area contributed by atoms with Gasteiger partial charge < -0.3 is 10.2 Å². The Morgan fingerprint density at radius 3 is 2.55 bits per heavy atom. The molecular weight excluding hydrogens is 363 g/mol. The summed E-state index contributed by atoms with van der Waals surface area (Å²) in [5, 5.41) is 3.51. The van der Waals surface area contributed by atoms with Crippen LogP contribution in [0.5, 0.6) is 0 Å². The molecule has 7 aliphatic rings. The molecule has 0 aromatic heterocycles. The van der Waals surface area contributed by atoms with E-state index in [1.165, 1.54) is 31.5 Å². The lowest BCUT2D eigenvalue weighted by molar-refractivity contribution is -0.166. The van der Waals surface area contributed by atoms with Gasteiger partial charge in [-0.25, -0.2) is 0 Å². The first-order valence-corrected chi connectivity index (χ1v) is 11.7. The number of hydrogen-bond donors (Lipinski definition) is 1. The van der Waals surface area contributed by atoms with Gasteiger partial charge in [-0.2, -0.15) is 0 Å². The number of fused-ring (bicyclic) bond motifs is 3. The van der Waals surface area contributed by atoms with E-state index in [0.29, 0.717) is 17.9 Å². The molecule has 1 N–H and O–H groups in total. The molecule has 1 amide bonds. The number of hydrogen-bond acceptors (Lipinski definition) is 2. The summed E-state index contributed by atoms with van der Waals surface area (Å²) in [5.41, 5.74) is 0.663. The van der Waals surface area contributed by atoms with Gasteiger partial charge in [0.1, 0.15) is 0 Å². The minimum Gasteiger partial charge on any atom is -0.351 e. The van der Waals surface area contributed by atoms with Crippen LogP contribution in [0.25, 0.3) is 0 Å². The summed E-state index contributed by atoms with van der Waals surface area (Å²) in [4.78, 5) is 16.3. The first kappa shape index (κ1) is 18.4. The third-order valence-electron chi connectivity index (χ3n) is 9.31. The summed E-state index contributed by atoms with van der Waals surface area (Å²) in [6.07, 6.45) is 8.10. The van der Waals surface area contributed by atoms with Crippen LogP contribution in [0.15, 0.2) is 30.3 Å². The van der Waals surface area contributed by atoms with Crippen molar-refractivity contribution >= 4 is 5.91 Å². The second-order valence-electron chi connectivity index (χ2n) is 11.3. The highest BCUT2D eigenvalue weighted by Crippen LogP contribution is 2.70. The molecule has 1 aromatic carbocycles. The number of piperidine rings is 3. The Labute approximate surface area is 173 Å². The zero-order valence-corrected chi connectivity index (χ0v) is 17.3. The Morgan fingerprint density at radius 1 is 1.07 bits per heavy atom. The van der Waals surface area contributed by atoms with E-state index in [2.05, 4.69) is 40.5 Å². The van der Waals surface area contributed by atoms with Crippen molar-refractivity contribution in [3.63, 3.8) is 0 Å². The number of rotatable bonds is 4. The second-order valence-corrected chi connectivity index (χ2v) is 11.3. The minimum atomic E-state index is -0.368. The molecule has 3 nitrogen and oxygen atoms in total. The zero-order chi connectivity index (χ0) is 19.7. The third-order valence-corrected chi connectivity index (χ3v) is 9.31. The number of carbonyl (C=O) groups is 1. The summed E-state index contributed by atoms with van der Waals surface area (Å²) in [5.74, 6) is 1.37. The maximum Gasteiger partial charge on any atom is 0.226 e. The van der Waals surface area contributed by atoms with Gasteiger partial charge in [0.05, 0.1) is 12.1 Å². The Hall–Kier alpha value is -1.42. The second kappa shape index (κ2) is 6.29. The molecule has 8 rings (SSSR count). The highest BCUT2D eigenvalue weighted by Gasteiger charge is 2.66. The standard InChI is InChI=1S/C25H33FN2O/c26-17-23-10-18-11-24(14-23,20-4-2-1-3-5-20)16-25(12-18,15-23)22(29)27-21-13-28-8-6-19(21)7-9-28/h1-5,18-19,21H,6-17H2,(H,27,29)/t18?,21-,23+,24-,25?/m1/s1. The van der Waals surface area contributed by atoms with Gasteiger partial charge in [0, 0.05) is 18.0 Å². The highest BCUT2D eigenvalue weighted by atomic mass is 19.1. The average Bonchev–Trinajstić information content (AvgIpc) is 2.74. The number of halogens is 1. The first-order valence-electron chi connectivity index (χ1n) is 11.7. The van der Waals surface area contributed by atoms with Crippen molar-refractivity contribution in [2.24, 2.45) is 22.7 Å². The van der Waals surface area contributed by atoms with E-state index in [-0.39, 0.29) is 28.8 Å². The van der Waals surface area contributed by atoms with Crippen molar-refractivity contribution in [1.82, 2.24) is 10.2 Å². The summed E-state index contributed by atoms with van der Waals surface area (Å²) in [6.45, 7) is 3.11. The van der Waals surface area contributed by atoms with Gasteiger partial charge in [-0.1, -0.05) is 30.3 Å². The zero-order valence-electron chi connectivity index (χ0n) is 17.3. The van der Waals surface area contributed by atoms with Crippen LogP contribution in [0.1, 0.15) is 56.9 Å². The summed E-state index contributed by atoms with van der Waals surface area (Å²) < 4.78 is 14.5. The fraction of sp³-hybridized carbons (Fsp3) is 0.720. The van der Waals surface area contributed by atoms with E-state index in [9.17, 15) is 9.18 Å². The van der Waals surface area contributed by atoms with E-state index >= 15 is 0 Å². The molecule has 0 spiro atoms. The van der Waals surface area contributed by atoms with Crippen LogP contribution in [-0.4, -0.2) is 43.2 Å². The molecule has 4 saturated carbocycles. The van der Waals surface area contributed by atoms with Crippen LogP contribution in [0.3, 0.4) is 0 Å². The van der Waals surface area contributed by atoms with E-state index in [1.54, 1.807) is 0 Å². The van der Waals surface area contributed by atoms with Crippen molar-refractivity contribution in [2.75, 3.05) is 26.3 Å². The van der Waals surface area contributed by atoms with Crippen molar-refractivity contribution in [3.05, 3.63) is 35.9 Å². The molecule has 4 aliphatic carbocycles. The molecule has 1 aromatic rings. The predicted molar refractivity (Wildman–Crippen MR) is 111 cm³/mol. The van der Waals surface area contributed by atoms with Crippen molar-refractivity contribution in [3.8, 4) is 0 Å². The first-order chi connectivity index (χ1) is 14.0. The molecule has 6 bridgehead atoms. The van der Waals surface area contributed by atoms with Gasteiger partial charge in [-0.05, 0) is 87.3 Å². The topological polar surface area (TPSA) is 32.3 Å². The smallest absolute Gasteiger partial charge is 0.226 e. The monoisotopic (exact) mass is 396 g/mol. The average molecular weight is 397 g/mol. The van der Waals surface area contributed by atoms with Gasteiger partial charge >= 0.3 is 0 Å². The predicted octanol–water partition coefficient (Wildman–Crippen LogP) is 4.07. The van der Waals surface area contributed by atoms with Gasteiger partial charge in [0.2, 0.25) is 5.91 Å². The summed E-state index contributed by atoms with van der Waals surface area (Å²) >= 11 is 0. The van der Waals surface area contributed by atoms with Crippen LogP contribution in [-0.2, 0) is 10.2 Å². The fourth-order valence-corrected chi connectivity index (χ4v) is 8.60. The Bertz CT molecular complexity index is 806. The maximum absolute atomic E-state index is 14.5. The molecule has 0 radical (unpaired) electrons. The number of nitrogens with one attached hydrogen (secondary N) is 1. The molecular formula is C25H33FN2O. The molecule has 5 atom stereocenters. The van der Waals surface area contributed by atoms with Gasteiger partial charge in [-0.3, -0.25) is 9.18 Å². The molecule has 29 heavy (non-hydrogen) atoms. The normalized spacial score (nSPS) is 47.3. The largest absolute Gasteiger partial charge is 0.351 e. The quantitative estimate of drug-likeness (QED) is 0.832. The Balaban J connectivity index is 1.33. The number of carbonyl (C=O) groups excluding carboxylic acids is 1. The molecule has 2 unspecified atom stereocenters. The number of benzene rings is 1. The van der Waals surface area contributed by atoms with Crippen LogP contribution < -0.4 is 5.32 Å². The maximum atomic E-state index is 14.5. The third kappa shape index (κ3) is 2.74. The van der Waals surface area contributed by atoms with Crippen molar-refractivity contribution < 1.29 is 9.18 Å². The molecule has 156 valence electrons. The molecule has 7 fully saturated rings. The van der Waals surface area contributed by atoms with Crippen molar-refractivity contribution in [1.29, 1.82) is 0 Å². The SMILES string of the molecule is O=C(N[C@@H]1CN2CCC1CC2)C12CC3C[C@@](CF)(C1)C[C@](c1ccccc1)(C3)C2. The summed E-state index contributed by atoms with van der Waals surface area (Å²) in [6, 6.07) is 11.0. The van der Waals surface area contributed by atoms with Crippen LogP contribution >= 0.6 is 0 Å². The lowest BCUT2D eigenvalue weighted by Crippen LogP contribution is -2.65. The van der Waals surface area contributed by atoms with Crippen molar-refractivity contribution in [2.45, 2.75) is 62.8 Å². The molecule has 4 heteroatoms. The lowest BCUT2D eigenvalue weighted by Gasteiger charge is -2.65. The Kier molecular flexibility index (Phi) is 3.98.